The van der Waals surface area contributed by atoms with Crippen molar-refractivity contribution in [1.82, 2.24) is 0 Å². The number of hydrogen-bond acceptors (Lipinski definition) is 6. The number of carbonyl (C=O) groups excluding carboxylic acids is 1. The number of aliphatic imine (C=N–C) groups is 1. The van der Waals surface area contributed by atoms with Gasteiger partial charge in [-0.05, 0) is 18.9 Å². The van der Waals surface area contributed by atoms with Gasteiger partial charge in [0.05, 0.1) is 16.1 Å². The molecule has 2 rings (SSSR count). The minimum absolute atomic E-state index is 0.0649. The van der Waals surface area contributed by atoms with Gasteiger partial charge in [-0.15, -0.1) is 0 Å². The van der Waals surface area contributed by atoms with E-state index in [4.69, 9.17) is 17.2 Å². The van der Waals surface area contributed by atoms with Gasteiger partial charge in [0.15, 0.2) is 15.8 Å². The van der Waals surface area contributed by atoms with E-state index in [2.05, 4.69) is 4.99 Å². The number of aromatic hydroxyl groups is 1. The molecule has 0 aliphatic carbocycles. The van der Waals surface area contributed by atoms with Crippen molar-refractivity contribution in [2.75, 3.05) is 24.2 Å². The van der Waals surface area contributed by atoms with Crippen LogP contribution in [-0.2, 0) is 9.84 Å². The Morgan fingerprint density at radius 3 is 2.38 bits per heavy atom. The molecule has 1 saturated heterocycles. The zero-order valence-corrected chi connectivity index (χ0v) is 14.1. The molecule has 0 unspecified atom stereocenters. The fourth-order valence-electron chi connectivity index (χ4n) is 2.59. The maximum atomic E-state index is 12.1. The number of carbonyl (C=O) groups is 1. The topological polar surface area (TPSA) is 165 Å². The fourth-order valence-corrected chi connectivity index (χ4v) is 3.49. The van der Waals surface area contributed by atoms with E-state index in [1.165, 1.54) is 6.07 Å². The Labute approximate surface area is 140 Å². The fraction of sp³-hybridized carbons (Fsp3) is 0.429. The monoisotopic (exact) mass is 355 g/mol. The van der Waals surface area contributed by atoms with E-state index >= 15 is 0 Å². The van der Waals surface area contributed by atoms with Crippen LogP contribution >= 0.6 is 0 Å². The highest BCUT2D eigenvalue weighted by Gasteiger charge is 2.26. The number of phenols is 1. The maximum absolute atomic E-state index is 12.1. The Morgan fingerprint density at radius 2 is 1.88 bits per heavy atom. The SMILES string of the molecule is CS(=O)(=O)c1cc(C(=O)N=C(N)N)c(O)cc1N1CCC(N)CC1. The van der Waals surface area contributed by atoms with Crippen LogP contribution in [-0.4, -0.2) is 50.8 Å². The zero-order valence-electron chi connectivity index (χ0n) is 13.3. The van der Waals surface area contributed by atoms with Crippen LogP contribution < -0.4 is 22.1 Å². The predicted molar refractivity (Wildman–Crippen MR) is 90.8 cm³/mol. The van der Waals surface area contributed by atoms with E-state index in [1.807, 2.05) is 4.90 Å². The van der Waals surface area contributed by atoms with E-state index in [0.717, 1.165) is 12.3 Å². The van der Waals surface area contributed by atoms with Gasteiger partial charge in [-0.2, -0.15) is 4.99 Å². The summed E-state index contributed by atoms with van der Waals surface area (Å²) in [4.78, 5) is 17.0. The number of phenolic OH excluding ortho intramolecular Hbond substituents is 1. The summed E-state index contributed by atoms with van der Waals surface area (Å²) < 4.78 is 24.3. The molecule has 1 aromatic carbocycles. The molecule has 0 saturated carbocycles. The second-order valence-electron chi connectivity index (χ2n) is 5.78. The molecule has 0 aromatic heterocycles. The molecule has 10 heteroatoms. The summed E-state index contributed by atoms with van der Waals surface area (Å²) in [5.41, 5.74) is 16.2. The Balaban J connectivity index is 2.54. The lowest BCUT2D eigenvalue weighted by atomic mass is 10.0. The number of anilines is 1. The highest BCUT2D eigenvalue weighted by molar-refractivity contribution is 7.90. The molecule has 132 valence electrons. The smallest absolute Gasteiger partial charge is 0.283 e. The van der Waals surface area contributed by atoms with Gasteiger partial charge in [0.1, 0.15) is 5.75 Å². The molecule has 1 aliphatic heterocycles. The third-order valence-electron chi connectivity index (χ3n) is 3.82. The van der Waals surface area contributed by atoms with Crippen molar-refractivity contribution in [2.24, 2.45) is 22.2 Å². The summed E-state index contributed by atoms with van der Waals surface area (Å²) in [6.07, 6.45) is 2.45. The first-order chi connectivity index (χ1) is 11.1. The Bertz CT molecular complexity index is 779. The van der Waals surface area contributed by atoms with Crippen molar-refractivity contribution in [3.63, 3.8) is 0 Å². The molecule has 0 radical (unpaired) electrons. The van der Waals surface area contributed by atoms with Gasteiger partial charge in [-0.1, -0.05) is 0 Å². The lowest BCUT2D eigenvalue weighted by Gasteiger charge is -2.33. The van der Waals surface area contributed by atoms with Crippen LogP contribution in [0, 0.1) is 0 Å². The van der Waals surface area contributed by atoms with Gasteiger partial charge in [-0.25, -0.2) is 8.42 Å². The average Bonchev–Trinajstić information content (AvgIpc) is 2.45. The van der Waals surface area contributed by atoms with Crippen molar-refractivity contribution < 1.29 is 18.3 Å². The average molecular weight is 355 g/mol. The molecular weight excluding hydrogens is 334 g/mol. The van der Waals surface area contributed by atoms with Crippen LogP contribution in [0.3, 0.4) is 0 Å². The Morgan fingerprint density at radius 1 is 1.29 bits per heavy atom. The highest BCUT2D eigenvalue weighted by atomic mass is 32.2. The molecule has 1 amide bonds. The van der Waals surface area contributed by atoms with Gasteiger partial charge >= 0.3 is 0 Å². The first-order valence-corrected chi connectivity index (χ1v) is 9.20. The molecule has 1 aliphatic rings. The van der Waals surface area contributed by atoms with Crippen molar-refractivity contribution in [1.29, 1.82) is 0 Å². The highest BCUT2D eigenvalue weighted by Crippen LogP contribution is 2.34. The minimum atomic E-state index is -3.64. The third-order valence-corrected chi connectivity index (χ3v) is 4.94. The minimum Gasteiger partial charge on any atom is -0.507 e. The number of sulfone groups is 1. The maximum Gasteiger partial charge on any atom is 0.283 e. The van der Waals surface area contributed by atoms with Gasteiger partial charge in [-0.3, -0.25) is 4.79 Å². The summed E-state index contributed by atoms with van der Waals surface area (Å²) in [7, 11) is -3.64. The molecule has 0 spiro atoms. The quantitative estimate of drug-likeness (QED) is 0.401. The number of guanidine groups is 1. The lowest BCUT2D eigenvalue weighted by molar-refractivity contribution is 0.1000. The molecule has 9 nitrogen and oxygen atoms in total. The second kappa shape index (κ2) is 6.65. The van der Waals surface area contributed by atoms with Crippen LogP contribution in [0.25, 0.3) is 0 Å². The zero-order chi connectivity index (χ0) is 18.1. The van der Waals surface area contributed by atoms with Crippen molar-refractivity contribution in [2.45, 2.75) is 23.8 Å². The van der Waals surface area contributed by atoms with Gasteiger partial charge < -0.3 is 27.2 Å². The molecule has 1 aromatic rings. The second-order valence-corrected chi connectivity index (χ2v) is 7.76. The first kappa shape index (κ1) is 18.0. The number of piperidine rings is 1. The first-order valence-electron chi connectivity index (χ1n) is 7.31. The van der Waals surface area contributed by atoms with Crippen LogP contribution in [0.15, 0.2) is 22.0 Å². The summed E-state index contributed by atoms with van der Waals surface area (Å²) in [6, 6.07) is 2.42. The molecule has 1 fully saturated rings. The molecule has 0 bridgehead atoms. The van der Waals surface area contributed by atoms with Gasteiger partial charge in [0.25, 0.3) is 5.91 Å². The summed E-state index contributed by atoms with van der Waals surface area (Å²) in [5, 5.41) is 10.1. The number of benzene rings is 1. The molecule has 1 heterocycles. The van der Waals surface area contributed by atoms with E-state index in [9.17, 15) is 18.3 Å². The molecule has 24 heavy (non-hydrogen) atoms. The van der Waals surface area contributed by atoms with E-state index < -0.39 is 21.7 Å². The lowest BCUT2D eigenvalue weighted by Crippen LogP contribution is -2.40. The largest absolute Gasteiger partial charge is 0.507 e. The van der Waals surface area contributed by atoms with E-state index in [1.54, 1.807) is 0 Å². The van der Waals surface area contributed by atoms with Gasteiger partial charge in [0.2, 0.25) is 0 Å². The number of amides is 1. The molecule has 0 atom stereocenters. The standard InChI is InChI=1S/C14H21N5O4S/c1-24(22,23)12-6-9(13(21)18-14(16)17)11(20)7-10(12)19-4-2-8(15)3-5-19/h6-8,20H,2-5,15H2,1H3,(H4,16,17,18,21). The Hall–Kier alpha value is -2.33. The Kier molecular flexibility index (Phi) is 4.99. The number of nitrogens with zero attached hydrogens (tertiary/aromatic N) is 2. The molecule has 7 N–H and O–H groups in total. The predicted octanol–water partition coefficient (Wildman–Crippen LogP) is -0.863. The van der Waals surface area contributed by atoms with Crippen LogP contribution in [0.4, 0.5) is 5.69 Å². The summed E-state index contributed by atoms with van der Waals surface area (Å²) in [5.74, 6) is -1.78. The number of hydrogen-bond donors (Lipinski definition) is 4. The van der Waals surface area contributed by atoms with Crippen LogP contribution in [0.5, 0.6) is 5.75 Å². The van der Waals surface area contributed by atoms with E-state index in [-0.39, 0.29) is 22.3 Å². The van der Waals surface area contributed by atoms with Crippen LogP contribution in [0.2, 0.25) is 0 Å². The number of nitrogens with two attached hydrogens (primary N) is 3. The van der Waals surface area contributed by atoms with Crippen molar-refractivity contribution in [3.8, 4) is 5.75 Å². The summed E-state index contributed by atoms with van der Waals surface area (Å²) >= 11 is 0. The van der Waals surface area contributed by atoms with Gasteiger partial charge in [0, 0.05) is 31.5 Å². The normalized spacial score (nSPS) is 16.0. The summed E-state index contributed by atoms with van der Waals surface area (Å²) in [6.45, 7) is 1.12. The van der Waals surface area contributed by atoms with Crippen molar-refractivity contribution in [3.05, 3.63) is 17.7 Å². The third kappa shape index (κ3) is 3.95. The van der Waals surface area contributed by atoms with Crippen LogP contribution in [0.1, 0.15) is 23.2 Å². The number of rotatable bonds is 3. The van der Waals surface area contributed by atoms with Crippen molar-refractivity contribution >= 4 is 27.4 Å². The van der Waals surface area contributed by atoms with E-state index in [0.29, 0.717) is 31.6 Å². The molecular formula is C14H21N5O4S.